The first kappa shape index (κ1) is 13.4. The molecule has 3 aromatic heterocycles. The summed E-state index contributed by atoms with van der Waals surface area (Å²) in [7, 11) is 0. The van der Waals surface area contributed by atoms with Crippen LogP contribution in [0.2, 0.25) is 0 Å². The Morgan fingerprint density at radius 3 is 2.96 bits per heavy atom. The predicted molar refractivity (Wildman–Crippen MR) is 88.8 cm³/mol. The number of hydrogen-bond donors (Lipinski definition) is 2. The maximum atomic E-state index is 11.9. The number of nitrogens with one attached hydrogen (secondary N) is 2. The maximum Gasteiger partial charge on any atom is 0.252 e. The molecule has 0 atom stereocenters. The molecule has 0 saturated carbocycles. The normalized spacial score (nSPS) is 11.2. The summed E-state index contributed by atoms with van der Waals surface area (Å²) < 4.78 is 1.63. The molecule has 0 bridgehead atoms. The van der Waals surface area contributed by atoms with Gasteiger partial charge in [-0.25, -0.2) is 4.98 Å². The van der Waals surface area contributed by atoms with Gasteiger partial charge in [-0.05, 0) is 31.2 Å². The molecule has 0 aliphatic heterocycles. The molecule has 4 rings (SSSR count). The Morgan fingerprint density at radius 2 is 2.09 bits per heavy atom. The summed E-state index contributed by atoms with van der Waals surface area (Å²) in [6.07, 6.45) is 3.48. The lowest BCUT2D eigenvalue weighted by Gasteiger charge is -2.09. The van der Waals surface area contributed by atoms with E-state index in [0.717, 1.165) is 22.0 Å². The van der Waals surface area contributed by atoms with E-state index < -0.39 is 0 Å². The Balaban J connectivity index is 1.77. The molecule has 2 N–H and O–H groups in total. The fourth-order valence-electron chi connectivity index (χ4n) is 2.59. The van der Waals surface area contributed by atoms with Gasteiger partial charge >= 0.3 is 0 Å². The Hall–Kier alpha value is -3.22. The lowest BCUT2D eigenvalue weighted by Crippen LogP contribution is -2.19. The van der Waals surface area contributed by atoms with E-state index >= 15 is 0 Å². The number of fused-ring (bicyclic) bond motifs is 2. The van der Waals surface area contributed by atoms with Crippen molar-refractivity contribution in [3.05, 3.63) is 53.1 Å². The van der Waals surface area contributed by atoms with Gasteiger partial charge in [0.2, 0.25) is 5.95 Å². The third kappa shape index (κ3) is 2.32. The Bertz CT molecular complexity index is 1060. The van der Waals surface area contributed by atoms with Crippen LogP contribution in [0.5, 0.6) is 0 Å². The Labute approximate surface area is 131 Å². The van der Waals surface area contributed by atoms with Gasteiger partial charge in [0.15, 0.2) is 0 Å². The Morgan fingerprint density at radius 1 is 1.17 bits per heavy atom. The van der Waals surface area contributed by atoms with Crippen LogP contribution < -0.4 is 10.9 Å². The minimum atomic E-state index is -0.0653. The second-order valence-corrected chi connectivity index (χ2v) is 5.19. The van der Waals surface area contributed by atoms with Crippen LogP contribution in [0.25, 0.3) is 21.9 Å². The molecule has 0 aliphatic carbocycles. The van der Waals surface area contributed by atoms with Crippen molar-refractivity contribution >= 4 is 33.6 Å². The van der Waals surface area contributed by atoms with E-state index in [1.165, 1.54) is 6.07 Å². The summed E-state index contributed by atoms with van der Waals surface area (Å²) in [4.78, 5) is 20.7. The van der Waals surface area contributed by atoms with Gasteiger partial charge in [-0.1, -0.05) is 0 Å². The molecule has 23 heavy (non-hydrogen) atoms. The first-order chi connectivity index (χ1) is 11.2. The number of hydrogen-bond acceptors (Lipinski definition) is 5. The largest absolute Gasteiger partial charge is 0.324 e. The van der Waals surface area contributed by atoms with E-state index in [4.69, 9.17) is 0 Å². The van der Waals surface area contributed by atoms with Gasteiger partial charge in [0.05, 0.1) is 11.7 Å². The number of aromatic amines is 1. The van der Waals surface area contributed by atoms with Crippen molar-refractivity contribution in [2.24, 2.45) is 0 Å². The van der Waals surface area contributed by atoms with Gasteiger partial charge in [-0.15, -0.1) is 0 Å². The minimum absolute atomic E-state index is 0.0653. The molecular weight excluding hydrogens is 292 g/mol. The van der Waals surface area contributed by atoms with E-state index in [-0.39, 0.29) is 5.56 Å². The van der Waals surface area contributed by atoms with Crippen LogP contribution in [0.15, 0.2) is 47.5 Å². The molecular formula is C16H14N6O. The van der Waals surface area contributed by atoms with Gasteiger partial charge in [-0.2, -0.15) is 10.1 Å². The Kier molecular flexibility index (Phi) is 3.04. The molecule has 1 aromatic carbocycles. The predicted octanol–water partition coefficient (Wildman–Crippen LogP) is 2.43. The molecule has 0 saturated heterocycles. The zero-order valence-corrected chi connectivity index (χ0v) is 12.4. The molecule has 0 aliphatic rings. The topological polar surface area (TPSA) is 88.5 Å². The third-order valence-corrected chi connectivity index (χ3v) is 3.74. The molecule has 0 fully saturated rings. The number of rotatable bonds is 3. The van der Waals surface area contributed by atoms with E-state index in [9.17, 15) is 4.79 Å². The van der Waals surface area contributed by atoms with Gasteiger partial charge in [0.1, 0.15) is 5.65 Å². The van der Waals surface area contributed by atoms with Crippen LogP contribution in [-0.2, 0) is 6.54 Å². The van der Waals surface area contributed by atoms with Crippen LogP contribution in [0.4, 0.5) is 11.6 Å². The van der Waals surface area contributed by atoms with Crippen molar-refractivity contribution in [2.75, 3.05) is 5.32 Å². The van der Waals surface area contributed by atoms with Crippen molar-refractivity contribution in [3.8, 4) is 0 Å². The van der Waals surface area contributed by atoms with Crippen molar-refractivity contribution in [1.29, 1.82) is 0 Å². The van der Waals surface area contributed by atoms with Crippen LogP contribution in [0.1, 0.15) is 6.92 Å². The summed E-state index contributed by atoms with van der Waals surface area (Å²) in [5.41, 5.74) is 2.39. The lowest BCUT2D eigenvalue weighted by molar-refractivity contribution is 0.749. The number of nitrogens with zero attached hydrogens (tertiary/aromatic N) is 4. The molecule has 7 nitrogen and oxygen atoms in total. The quantitative estimate of drug-likeness (QED) is 0.607. The van der Waals surface area contributed by atoms with E-state index in [2.05, 4.69) is 25.5 Å². The molecule has 0 radical (unpaired) electrons. The monoisotopic (exact) mass is 306 g/mol. The second kappa shape index (κ2) is 5.20. The van der Waals surface area contributed by atoms with Crippen LogP contribution in [0.3, 0.4) is 0 Å². The molecule has 0 spiro atoms. The average Bonchev–Trinajstić information content (AvgIpc) is 3.02. The molecule has 4 aromatic rings. The summed E-state index contributed by atoms with van der Waals surface area (Å²) >= 11 is 0. The van der Waals surface area contributed by atoms with Gasteiger partial charge < -0.3 is 5.32 Å². The minimum Gasteiger partial charge on any atom is -0.324 e. The van der Waals surface area contributed by atoms with E-state index in [0.29, 0.717) is 18.1 Å². The average molecular weight is 306 g/mol. The van der Waals surface area contributed by atoms with Crippen LogP contribution in [0, 0.1) is 0 Å². The van der Waals surface area contributed by atoms with Crippen LogP contribution >= 0.6 is 0 Å². The first-order valence-electron chi connectivity index (χ1n) is 7.31. The third-order valence-electron chi connectivity index (χ3n) is 3.74. The SMILES string of the molecule is CCn1c(=O)ccc2cnc(Nc3ccc4[nH]ncc4c3)nc21. The van der Waals surface area contributed by atoms with Crippen LogP contribution in [-0.4, -0.2) is 24.7 Å². The highest BCUT2D eigenvalue weighted by Crippen LogP contribution is 2.20. The highest BCUT2D eigenvalue weighted by Gasteiger charge is 2.06. The highest BCUT2D eigenvalue weighted by atomic mass is 16.1. The molecule has 3 heterocycles. The maximum absolute atomic E-state index is 11.9. The first-order valence-corrected chi connectivity index (χ1v) is 7.31. The summed E-state index contributed by atoms with van der Waals surface area (Å²) in [5.74, 6) is 0.452. The number of aromatic nitrogens is 5. The van der Waals surface area contributed by atoms with E-state index in [1.54, 1.807) is 23.0 Å². The summed E-state index contributed by atoms with van der Waals surface area (Å²) in [5, 5.41) is 11.9. The van der Waals surface area contributed by atoms with Crippen molar-refractivity contribution in [1.82, 2.24) is 24.7 Å². The fraction of sp³-hybridized carbons (Fsp3) is 0.125. The van der Waals surface area contributed by atoms with Crippen molar-refractivity contribution in [3.63, 3.8) is 0 Å². The number of aryl methyl sites for hydroxylation is 1. The second-order valence-electron chi connectivity index (χ2n) is 5.19. The smallest absolute Gasteiger partial charge is 0.252 e. The summed E-state index contributed by atoms with van der Waals surface area (Å²) in [6.45, 7) is 2.48. The van der Waals surface area contributed by atoms with Gasteiger partial charge in [0.25, 0.3) is 5.56 Å². The molecule has 114 valence electrons. The highest BCUT2D eigenvalue weighted by molar-refractivity contribution is 5.83. The zero-order valence-electron chi connectivity index (χ0n) is 12.4. The molecule has 0 unspecified atom stereocenters. The fourth-order valence-corrected chi connectivity index (χ4v) is 2.59. The zero-order chi connectivity index (χ0) is 15.8. The number of anilines is 2. The standard InChI is InChI=1S/C16H14N6O/c1-2-22-14(23)6-3-10-8-17-16(20-15(10)22)19-12-4-5-13-11(7-12)9-18-21-13/h3-9H,2H2,1H3,(H,18,21)(H,17,19,20). The van der Waals surface area contributed by atoms with Crippen molar-refractivity contribution in [2.45, 2.75) is 13.5 Å². The lowest BCUT2D eigenvalue weighted by atomic mass is 10.2. The number of benzene rings is 1. The molecule has 7 heteroatoms. The number of pyridine rings is 1. The van der Waals surface area contributed by atoms with E-state index in [1.807, 2.05) is 25.1 Å². The van der Waals surface area contributed by atoms with Gasteiger partial charge in [0, 0.05) is 35.3 Å². The van der Waals surface area contributed by atoms with Gasteiger partial charge in [-0.3, -0.25) is 14.5 Å². The number of H-pyrrole nitrogens is 1. The van der Waals surface area contributed by atoms with Crippen molar-refractivity contribution < 1.29 is 0 Å². The summed E-state index contributed by atoms with van der Waals surface area (Å²) in [6, 6.07) is 9.10. The molecule has 0 amide bonds.